The molecule has 4 aliphatic carbocycles. The molecule has 2 aliphatic heterocycles. The van der Waals surface area contributed by atoms with Gasteiger partial charge in [-0.2, -0.15) is 0 Å². The van der Waals surface area contributed by atoms with E-state index >= 15 is 0 Å². The quantitative estimate of drug-likeness (QED) is 0.0565. The summed E-state index contributed by atoms with van der Waals surface area (Å²) in [6.07, 6.45) is 16.7. The second kappa shape index (κ2) is 20.2. The van der Waals surface area contributed by atoms with Gasteiger partial charge in [0.15, 0.2) is 11.6 Å². The van der Waals surface area contributed by atoms with Crippen LogP contribution in [0.4, 0.5) is 23.0 Å². The summed E-state index contributed by atoms with van der Waals surface area (Å²) in [5.41, 5.74) is 5.51. The van der Waals surface area contributed by atoms with Crippen molar-refractivity contribution in [2.45, 2.75) is 56.8 Å². The molecule has 6 aliphatic rings. The number of anilines is 4. The third-order valence-corrected chi connectivity index (χ3v) is 17.0. The van der Waals surface area contributed by atoms with E-state index in [0.29, 0.717) is 105 Å². The maximum absolute atomic E-state index is 13.7. The number of ketones is 2. The van der Waals surface area contributed by atoms with Crippen LogP contribution in [0.3, 0.4) is 0 Å². The molecule has 4 fully saturated rings. The maximum Gasteiger partial charge on any atom is 0.340 e. The lowest BCUT2D eigenvalue weighted by Crippen LogP contribution is -2.33. The first-order valence-electron chi connectivity index (χ1n) is 27.3. The monoisotopic (exact) mass is 1150 g/mol. The maximum atomic E-state index is 13.7. The molecule has 436 valence electrons. The van der Waals surface area contributed by atoms with Crippen LogP contribution in [0.15, 0.2) is 72.6 Å². The summed E-state index contributed by atoms with van der Waals surface area (Å²) in [5.74, 6) is -4.15. The number of ether oxygens (including phenoxy) is 2. The van der Waals surface area contributed by atoms with E-state index in [1.807, 2.05) is 0 Å². The molecule has 4 atom stereocenters. The van der Waals surface area contributed by atoms with E-state index in [1.54, 1.807) is 97.7 Å². The molecule has 26 nitrogen and oxygen atoms in total. The highest BCUT2D eigenvalue weighted by atomic mass is 16.5. The lowest BCUT2D eigenvalue weighted by Gasteiger charge is -2.27. The minimum Gasteiger partial charge on any atom is -0.465 e. The zero-order valence-corrected chi connectivity index (χ0v) is 47.5. The molecular weight excluding hydrogens is 1100 g/mol. The molecule has 2 saturated heterocycles. The summed E-state index contributed by atoms with van der Waals surface area (Å²) in [5, 5.41) is 10.9. The zero-order chi connectivity index (χ0) is 60.3. The number of H-pyrrole nitrogens is 2. The first kappa shape index (κ1) is 55.2. The molecule has 6 aromatic heterocycles. The number of rotatable bonds is 16. The summed E-state index contributed by atoms with van der Waals surface area (Å²) in [6.45, 7) is 4.20. The molecule has 2 saturated carbocycles. The normalized spacial score (nSPS) is 20.2. The first-order valence-corrected chi connectivity index (χ1v) is 27.3. The largest absolute Gasteiger partial charge is 0.465 e. The Balaban J connectivity index is 0.593. The number of aromatic nitrogens is 8. The summed E-state index contributed by atoms with van der Waals surface area (Å²) >= 11 is 0. The molecule has 12 rings (SSSR count). The smallest absolute Gasteiger partial charge is 0.340 e. The Morgan fingerprint density at radius 1 is 0.600 bits per heavy atom. The average molecular weight is 1160 g/mol. The summed E-state index contributed by atoms with van der Waals surface area (Å²) < 4.78 is 16.4. The third kappa shape index (κ3) is 9.10. The number of carbonyl (C=O) groups excluding carboxylic acids is 10. The number of nitrogens with one attached hydrogen (secondary N) is 6. The molecule has 6 amide bonds. The fourth-order valence-corrected chi connectivity index (χ4v) is 13.0. The number of allylic oxidation sites excluding steroid dienone is 4. The van der Waals surface area contributed by atoms with E-state index in [9.17, 15) is 47.9 Å². The van der Waals surface area contributed by atoms with E-state index in [-0.39, 0.29) is 77.8 Å². The van der Waals surface area contributed by atoms with Crippen molar-refractivity contribution in [1.82, 2.24) is 48.0 Å². The number of aromatic amines is 2. The Kier molecular flexibility index (Phi) is 13.1. The Labute approximate surface area is 484 Å². The number of hydrogen-bond acceptors (Lipinski definition) is 14. The van der Waals surface area contributed by atoms with Gasteiger partial charge in [0.1, 0.15) is 0 Å². The van der Waals surface area contributed by atoms with E-state index < -0.39 is 46.4 Å². The van der Waals surface area contributed by atoms with Crippen LogP contribution in [0.2, 0.25) is 0 Å². The van der Waals surface area contributed by atoms with Crippen LogP contribution in [0.1, 0.15) is 129 Å². The number of likely N-dealkylation sites (tertiary alicyclic amines) is 2. The molecule has 0 unspecified atom stereocenters. The molecule has 0 bridgehead atoms. The Morgan fingerprint density at radius 2 is 1.00 bits per heavy atom. The minimum atomic E-state index is -0.625. The number of hydrogen-bond donors (Lipinski definition) is 6. The number of nitrogens with zero attached hydrogens (tertiary/aromatic N) is 8. The van der Waals surface area contributed by atoms with Crippen molar-refractivity contribution in [3.05, 3.63) is 141 Å². The summed E-state index contributed by atoms with van der Waals surface area (Å²) in [7, 11) is 9.26. The van der Waals surface area contributed by atoms with Crippen molar-refractivity contribution < 1.29 is 57.4 Å². The van der Waals surface area contributed by atoms with Gasteiger partial charge in [-0.15, -0.1) is 0 Å². The van der Waals surface area contributed by atoms with Gasteiger partial charge in [0.05, 0.1) is 48.1 Å². The van der Waals surface area contributed by atoms with Gasteiger partial charge >= 0.3 is 11.9 Å². The second-order valence-electron chi connectivity index (χ2n) is 22.3. The van der Waals surface area contributed by atoms with Crippen LogP contribution in [-0.2, 0) is 67.7 Å². The molecule has 6 N–H and O–H groups in total. The van der Waals surface area contributed by atoms with Gasteiger partial charge in [0.2, 0.25) is 35.0 Å². The van der Waals surface area contributed by atoms with Crippen molar-refractivity contribution in [3.63, 3.8) is 0 Å². The number of esters is 2. The standard InChI is InChI=1S/C59H58N14O12/c1-28-46(56(82)84-7)48-50(60-28)36(74)18-38-58(48)20-30(58)22-72(38)44(78)14-12-34-16-32(24-68(34)3)62-54(80)52-66-40(26-70(52)5)64-42(76)10-9-11-43(77)65-41-27-71(6)53(67-41)55(81)63-33-17-35(69(4)25-33)13-15-45(79)73-23-31-21-59(31)39(73)19-37(75)51-49(59)47(29(2)61-51)57(83)85-8/h12-19,24-27,30-31,60-61H,9-11,20-23H2,1-8H3,(H,62,80)(H,63,81)(H,64,76)(H,65,77)/b14-12+,15-13+/t30-,31-,58+,59+/m1/s1. The Morgan fingerprint density at radius 3 is 1.39 bits per heavy atom. The van der Waals surface area contributed by atoms with Gasteiger partial charge in [-0.05, 0) is 69.2 Å². The average Bonchev–Trinajstić information content (AvgIpc) is 1.53. The summed E-state index contributed by atoms with van der Waals surface area (Å²) in [4.78, 5) is 150. The van der Waals surface area contributed by atoms with Gasteiger partial charge in [-0.1, -0.05) is 0 Å². The molecule has 0 radical (unpaired) electrons. The zero-order valence-electron chi connectivity index (χ0n) is 47.5. The van der Waals surface area contributed by atoms with Crippen molar-refractivity contribution >= 4 is 94.1 Å². The minimum absolute atomic E-state index is 0.00610. The lowest BCUT2D eigenvalue weighted by molar-refractivity contribution is -0.124. The lowest BCUT2D eigenvalue weighted by atomic mass is 9.82. The molecule has 26 heteroatoms. The fourth-order valence-electron chi connectivity index (χ4n) is 13.0. The van der Waals surface area contributed by atoms with Crippen molar-refractivity contribution in [2.75, 3.05) is 48.6 Å². The molecule has 0 aromatic carbocycles. The van der Waals surface area contributed by atoms with Gasteiger partial charge in [0.25, 0.3) is 23.6 Å². The van der Waals surface area contributed by atoms with Gasteiger partial charge in [-0.3, -0.25) is 38.4 Å². The Hall–Kier alpha value is -10.4. The number of amides is 6. The highest BCUT2D eigenvalue weighted by Gasteiger charge is 2.70. The van der Waals surface area contributed by atoms with Gasteiger partial charge in [-0.25, -0.2) is 19.6 Å². The molecule has 8 heterocycles. The van der Waals surface area contributed by atoms with Crippen molar-refractivity contribution in [3.8, 4) is 0 Å². The van der Waals surface area contributed by atoms with Crippen LogP contribution in [-0.4, -0.2) is 134 Å². The van der Waals surface area contributed by atoms with E-state index in [0.717, 1.165) is 0 Å². The summed E-state index contributed by atoms with van der Waals surface area (Å²) in [6, 6.07) is 3.34. The number of imidazole rings is 2. The molecule has 2 spiro atoms. The SMILES string of the molecule is COC(=O)c1c(C)[nH]c2c1[C@@]13C[C@@H]1CN(C(=O)/C=C/c1cc(NC(=O)c4nc(NC(=O)CCCC(=O)Nc5cn(C)c(C(=O)Nc6cc(/C=C/C(=O)N7C[C@H]8C[C@@]89C7=CC(=O)c7[nH]c(C)c(C(=O)OC)c79)n(C)c6)n5)cn4C)cn1C)C3=CC2=O. The second-order valence-corrected chi connectivity index (χ2v) is 22.3. The van der Waals surface area contributed by atoms with E-state index in [2.05, 4.69) is 41.2 Å². The highest BCUT2D eigenvalue weighted by Crippen LogP contribution is 2.68. The number of fused-ring (bicyclic) bond motifs is 2. The topological polar surface area (TPSA) is 321 Å². The molecule has 6 aromatic rings. The highest BCUT2D eigenvalue weighted by molar-refractivity contribution is 6.13. The number of carbonyl (C=O) groups is 10. The number of methoxy groups -OCH3 is 2. The number of aryl methyl sites for hydroxylation is 6. The van der Waals surface area contributed by atoms with Gasteiger partial charge < -0.3 is 68.8 Å². The van der Waals surface area contributed by atoms with Crippen molar-refractivity contribution in [2.24, 2.45) is 40.0 Å². The first-order chi connectivity index (χ1) is 40.5. The predicted molar refractivity (Wildman–Crippen MR) is 304 cm³/mol. The van der Waals surface area contributed by atoms with Crippen LogP contribution in [0, 0.1) is 25.7 Å². The third-order valence-electron chi connectivity index (χ3n) is 17.0. The van der Waals surface area contributed by atoms with Crippen LogP contribution >= 0.6 is 0 Å². The fraction of sp³-hybridized carbons (Fsp3) is 0.322. The van der Waals surface area contributed by atoms with Crippen molar-refractivity contribution in [1.29, 1.82) is 0 Å². The van der Waals surface area contributed by atoms with Crippen LogP contribution in [0.25, 0.3) is 12.2 Å². The van der Waals surface area contributed by atoms with E-state index in [1.165, 1.54) is 60.1 Å². The molecular formula is C59H58N14O12. The predicted octanol–water partition coefficient (Wildman–Crippen LogP) is 4.72. The molecule has 85 heavy (non-hydrogen) atoms. The van der Waals surface area contributed by atoms with E-state index in [4.69, 9.17) is 9.47 Å². The number of piperidine rings is 2. The van der Waals surface area contributed by atoms with Crippen LogP contribution < -0.4 is 21.3 Å². The Bertz CT molecular complexity index is 3890. The van der Waals surface area contributed by atoms with Crippen LogP contribution in [0.5, 0.6) is 0 Å². The van der Waals surface area contributed by atoms with Gasteiger partial charge in [0, 0.05) is 159 Å².